The Morgan fingerprint density at radius 2 is 2.29 bits per heavy atom. The highest BCUT2D eigenvalue weighted by atomic mass is 15.0. The summed E-state index contributed by atoms with van der Waals surface area (Å²) in [4.78, 5) is 4.13. The summed E-state index contributed by atoms with van der Waals surface area (Å²) >= 11 is 0. The van der Waals surface area contributed by atoms with Gasteiger partial charge in [-0.15, -0.1) is 0 Å². The van der Waals surface area contributed by atoms with Gasteiger partial charge in [-0.25, -0.2) is 0 Å². The van der Waals surface area contributed by atoms with Crippen LogP contribution in [0, 0.1) is 0 Å². The van der Waals surface area contributed by atoms with Crippen LogP contribution in [-0.2, 0) is 0 Å². The van der Waals surface area contributed by atoms with Gasteiger partial charge in [-0.2, -0.15) is 0 Å². The second kappa shape index (κ2) is 6.28. The van der Waals surface area contributed by atoms with Crippen LogP contribution in [0.3, 0.4) is 0 Å². The second-order valence-electron chi connectivity index (χ2n) is 4.54. The summed E-state index contributed by atoms with van der Waals surface area (Å²) < 4.78 is 0. The summed E-state index contributed by atoms with van der Waals surface area (Å²) in [6.07, 6.45) is 16.2. The quantitative estimate of drug-likeness (QED) is 0.730. The summed E-state index contributed by atoms with van der Waals surface area (Å²) in [5, 5.41) is 6.80. The number of unbranched alkanes of at least 4 members (excludes halogenated alkanes) is 2. The van der Waals surface area contributed by atoms with E-state index in [9.17, 15) is 0 Å². The fourth-order valence-electron chi connectivity index (χ4n) is 2.15. The van der Waals surface area contributed by atoms with Crippen molar-refractivity contribution in [3.8, 4) is 0 Å². The molecule has 0 aromatic rings. The van der Waals surface area contributed by atoms with E-state index in [0.717, 1.165) is 17.8 Å². The predicted molar refractivity (Wildman–Crippen MR) is 72.6 cm³/mol. The first-order valence-electron chi connectivity index (χ1n) is 6.52. The monoisotopic (exact) mass is 231 g/mol. The molecular formula is C14H21N3. The van der Waals surface area contributed by atoms with E-state index in [2.05, 4.69) is 34.7 Å². The molecule has 0 aliphatic carbocycles. The van der Waals surface area contributed by atoms with E-state index in [1.54, 1.807) is 6.20 Å². The fraction of sp³-hybridized carbons (Fsp3) is 0.500. The van der Waals surface area contributed by atoms with E-state index in [4.69, 9.17) is 0 Å². The van der Waals surface area contributed by atoms with Gasteiger partial charge < -0.3 is 10.6 Å². The zero-order valence-corrected chi connectivity index (χ0v) is 10.4. The normalized spacial score (nSPS) is 26.8. The van der Waals surface area contributed by atoms with Crippen LogP contribution in [0.5, 0.6) is 0 Å². The molecule has 0 unspecified atom stereocenters. The Labute approximate surface area is 103 Å². The second-order valence-corrected chi connectivity index (χ2v) is 4.54. The number of hydrogen-bond acceptors (Lipinski definition) is 3. The van der Waals surface area contributed by atoms with E-state index in [-0.39, 0.29) is 0 Å². The van der Waals surface area contributed by atoms with E-state index in [0.29, 0.717) is 6.04 Å². The van der Waals surface area contributed by atoms with Crippen molar-refractivity contribution in [2.75, 3.05) is 0 Å². The van der Waals surface area contributed by atoms with E-state index in [1.807, 2.05) is 12.4 Å². The third kappa shape index (κ3) is 3.48. The molecule has 0 aromatic heterocycles. The Morgan fingerprint density at radius 3 is 3.06 bits per heavy atom. The Bertz CT molecular complexity index is 364. The van der Waals surface area contributed by atoms with Crippen molar-refractivity contribution < 1.29 is 0 Å². The van der Waals surface area contributed by atoms with Gasteiger partial charge in [0.15, 0.2) is 0 Å². The maximum absolute atomic E-state index is 4.13. The van der Waals surface area contributed by atoms with Gasteiger partial charge in [0, 0.05) is 18.4 Å². The van der Waals surface area contributed by atoms with Gasteiger partial charge >= 0.3 is 0 Å². The minimum atomic E-state index is 0.579. The summed E-state index contributed by atoms with van der Waals surface area (Å²) in [6.45, 7) is 2.25. The van der Waals surface area contributed by atoms with Crippen LogP contribution in [0.15, 0.2) is 40.9 Å². The number of rotatable bonds is 4. The molecule has 2 rings (SSSR count). The van der Waals surface area contributed by atoms with Gasteiger partial charge in [0.05, 0.1) is 17.6 Å². The van der Waals surface area contributed by atoms with Crippen molar-refractivity contribution in [2.24, 2.45) is 4.99 Å². The third-order valence-electron chi connectivity index (χ3n) is 3.11. The highest BCUT2D eigenvalue weighted by Crippen LogP contribution is 2.15. The molecule has 0 saturated carbocycles. The average molecular weight is 231 g/mol. The van der Waals surface area contributed by atoms with Crippen LogP contribution in [-0.4, -0.2) is 12.3 Å². The fourth-order valence-corrected chi connectivity index (χ4v) is 2.15. The van der Waals surface area contributed by atoms with Gasteiger partial charge in [0.2, 0.25) is 0 Å². The van der Waals surface area contributed by atoms with E-state index < -0.39 is 0 Å². The highest BCUT2D eigenvalue weighted by Gasteiger charge is 2.13. The molecular weight excluding hydrogens is 210 g/mol. The van der Waals surface area contributed by atoms with Crippen LogP contribution in [0.4, 0.5) is 0 Å². The number of nitrogens with one attached hydrogen (secondary N) is 2. The summed E-state index contributed by atoms with van der Waals surface area (Å²) in [6, 6.07) is 0.579. The minimum Gasteiger partial charge on any atom is -0.380 e. The van der Waals surface area contributed by atoms with Gasteiger partial charge in [-0.05, 0) is 18.9 Å². The van der Waals surface area contributed by atoms with E-state index in [1.165, 1.54) is 25.7 Å². The summed E-state index contributed by atoms with van der Waals surface area (Å²) in [7, 11) is 0. The topological polar surface area (TPSA) is 36.4 Å². The zero-order chi connectivity index (χ0) is 11.9. The van der Waals surface area contributed by atoms with Crippen LogP contribution in [0.2, 0.25) is 0 Å². The lowest BCUT2D eigenvalue weighted by Gasteiger charge is -2.24. The molecule has 1 atom stereocenters. The molecule has 0 bridgehead atoms. The molecule has 2 N–H and O–H groups in total. The van der Waals surface area contributed by atoms with Gasteiger partial charge in [0.1, 0.15) is 0 Å². The molecule has 0 spiro atoms. The highest BCUT2D eigenvalue weighted by molar-refractivity contribution is 5.81. The smallest absolute Gasteiger partial charge is 0.0801 e. The first-order valence-corrected chi connectivity index (χ1v) is 6.52. The van der Waals surface area contributed by atoms with Crippen LogP contribution < -0.4 is 10.6 Å². The third-order valence-corrected chi connectivity index (χ3v) is 3.11. The van der Waals surface area contributed by atoms with Gasteiger partial charge in [-0.3, -0.25) is 4.99 Å². The van der Waals surface area contributed by atoms with Crippen molar-refractivity contribution in [3.63, 3.8) is 0 Å². The predicted octanol–water partition coefficient (Wildman–Crippen LogP) is 2.84. The zero-order valence-electron chi connectivity index (χ0n) is 10.4. The van der Waals surface area contributed by atoms with Gasteiger partial charge in [-0.1, -0.05) is 32.3 Å². The number of aliphatic imine (C=N–C) groups is 1. The first kappa shape index (κ1) is 12.0. The molecule has 3 heteroatoms. The maximum atomic E-state index is 4.13. The van der Waals surface area contributed by atoms with Crippen molar-refractivity contribution in [1.29, 1.82) is 0 Å². The number of hydrogen-bond donors (Lipinski definition) is 2. The van der Waals surface area contributed by atoms with Crippen molar-refractivity contribution in [3.05, 3.63) is 35.9 Å². The largest absolute Gasteiger partial charge is 0.380 e. The molecule has 0 fully saturated rings. The summed E-state index contributed by atoms with van der Waals surface area (Å²) in [5.41, 5.74) is 2.22. The van der Waals surface area contributed by atoms with Crippen LogP contribution in [0.1, 0.15) is 39.0 Å². The molecule has 0 saturated heterocycles. The van der Waals surface area contributed by atoms with Crippen molar-refractivity contribution in [2.45, 2.75) is 45.1 Å². The lowest BCUT2D eigenvalue weighted by atomic mass is 10.0. The molecule has 92 valence electrons. The van der Waals surface area contributed by atoms with E-state index >= 15 is 0 Å². The van der Waals surface area contributed by atoms with Gasteiger partial charge in [0.25, 0.3) is 0 Å². The standard InChI is InChI=1S/C14H21N3/c1-2-3-4-6-12-7-5-8-13(17-12)14-11-15-9-10-16-14/h5,8-12,16-17H,2-4,6-7H2,1H3/b14-13-/t12-/m0/s1. The van der Waals surface area contributed by atoms with Crippen LogP contribution >= 0.6 is 0 Å². The molecule has 2 heterocycles. The molecule has 0 aromatic carbocycles. The molecule has 0 amide bonds. The molecule has 17 heavy (non-hydrogen) atoms. The van der Waals surface area contributed by atoms with Crippen molar-refractivity contribution in [1.82, 2.24) is 10.6 Å². The number of allylic oxidation sites excluding steroid dienone is 2. The number of nitrogens with zero attached hydrogens (tertiary/aromatic N) is 1. The molecule has 0 radical (unpaired) electrons. The first-order chi connectivity index (χ1) is 8.40. The molecule has 2 aliphatic heterocycles. The lowest BCUT2D eigenvalue weighted by Crippen LogP contribution is -2.32. The Morgan fingerprint density at radius 1 is 1.35 bits per heavy atom. The maximum Gasteiger partial charge on any atom is 0.0801 e. The molecule has 3 nitrogen and oxygen atoms in total. The lowest BCUT2D eigenvalue weighted by molar-refractivity contribution is 0.492. The Balaban J connectivity index is 1.93. The average Bonchev–Trinajstić information content (AvgIpc) is 2.41. The Hall–Kier alpha value is -1.51. The summed E-state index contributed by atoms with van der Waals surface area (Å²) in [5.74, 6) is 0. The SMILES string of the molecule is CCCCC[C@H]1CC=C/C(=C2\C=NC=CN2)N1. The van der Waals surface area contributed by atoms with Crippen molar-refractivity contribution >= 4 is 6.21 Å². The van der Waals surface area contributed by atoms with Crippen LogP contribution in [0.25, 0.3) is 0 Å². The molecule has 2 aliphatic rings. The minimum absolute atomic E-state index is 0.579. The Kier molecular flexibility index (Phi) is 4.42.